The highest BCUT2D eigenvalue weighted by Crippen LogP contribution is 2.47. The number of carbonyl (C=O) groups excluding carboxylic acids is 1. The summed E-state index contributed by atoms with van der Waals surface area (Å²) in [6.07, 6.45) is 3.35. The molecule has 0 atom stereocenters. The predicted octanol–water partition coefficient (Wildman–Crippen LogP) is 2.74. The summed E-state index contributed by atoms with van der Waals surface area (Å²) in [5.74, 6) is 0.134. The molecule has 0 heterocycles. The first kappa shape index (κ1) is 11.5. The molecule has 2 aliphatic carbocycles. The predicted molar refractivity (Wildman–Crippen MR) is 66.8 cm³/mol. The standard InChI is InChI=1S/C14H15NO3/c16-11-3-5-14(6-4-11)8-9-1-2-10(15-18)7-12(9)13(14)17/h1-2,7,11,16H,3-6,8H2. The van der Waals surface area contributed by atoms with Gasteiger partial charge in [0.25, 0.3) is 0 Å². The van der Waals surface area contributed by atoms with Gasteiger partial charge in [-0.25, -0.2) is 0 Å². The van der Waals surface area contributed by atoms with Gasteiger partial charge in [-0.05, 0) is 55.0 Å². The summed E-state index contributed by atoms with van der Waals surface area (Å²) in [5, 5.41) is 12.5. The zero-order chi connectivity index (χ0) is 12.8. The first-order valence-corrected chi connectivity index (χ1v) is 6.34. The van der Waals surface area contributed by atoms with Gasteiger partial charge in [0.05, 0.1) is 6.10 Å². The molecule has 94 valence electrons. The molecule has 4 heteroatoms. The van der Waals surface area contributed by atoms with E-state index < -0.39 is 0 Å². The molecule has 0 aliphatic heterocycles. The summed E-state index contributed by atoms with van der Waals surface area (Å²) in [6, 6.07) is 5.10. The van der Waals surface area contributed by atoms with E-state index >= 15 is 0 Å². The van der Waals surface area contributed by atoms with Crippen molar-refractivity contribution in [2.45, 2.75) is 38.2 Å². The monoisotopic (exact) mass is 245 g/mol. The molecule has 0 bridgehead atoms. The van der Waals surface area contributed by atoms with Gasteiger partial charge < -0.3 is 5.11 Å². The molecule has 1 fully saturated rings. The lowest BCUT2D eigenvalue weighted by Crippen LogP contribution is -2.34. The SMILES string of the molecule is O=Nc1ccc2c(c1)C(=O)C1(CCC(O)CC1)C2. The average molecular weight is 245 g/mol. The molecular formula is C14H15NO3. The van der Waals surface area contributed by atoms with Crippen LogP contribution >= 0.6 is 0 Å². The van der Waals surface area contributed by atoms with Crippen LogP contribution in [0, 0.1) is 10.3 Å². The maximum atomic E-state index is 12.5. The molecule has 4 nitrogen and oxygen atoms in total. The van der Waals surface area contributed by atoms with E-state index in [1.54, 1.807) is 12.1 Å². The topological polar surface area (TPSA) is 66.7 Å². The number of carbonyl (C=O) groups is 1. The molecule has 0 aromatic heterocycles. The number of fused-ring (bicyclic) bond motifs is 1. The average Bonchev–Trinajstić information content (AvgIpc) is 2.66. The van der Waals surface area contributed by atoms with Crippen molar-refractivity contribution in [3.8, 4) is 0 Å². The van der Waals surface area contributed by atoms with Crippen LogP contribution in [0.15, 0.2) is 23.4 Å². The van der Waals surface area contributed by atoms with Crippen molar-refractivity contribution < 1.29 is 9.90 Å². The number of benzene rings is 1. The van der Waals surface area contributed by atoms with Gasteiger partial charge in [-0.15, -0.1) is 4.91 Å². The number of hydrogen-bond acceptors (Lipinski definition) is 4. The minimum atomic E-state index is -0.330. The molecule has 18 heavy (non-hydrogen) atoms. The van der Waals surface area contributed by atoms with Gasteiger partial charge in [0, 0.05) is 11.0 Å². The number of ketones is 1. The van der Waals surface area contributed by atoms with Crippen LogP contribution in [0.25, 0.3) is 0 Å². The maximum Gasteiger partial charge on any atom is 0.169 e. The van der Waals surface area contributed by atoms with E-state index in [9.17, 15) is 14.8 Å². The Labute approximate surface area is 105 Å². The molecule has 3 rings (SSSR count). The van der Waals surface area contributed by atoms with Gasteiger partial charge in [-0.1, -0.05) is 6.07 Å². The number of nitrogens with zero attached hydrogens (tertiary/aromatic N) is 1. The summed E-state index contributed by atoms with van der Waals surface area (Å²) < 4.78 is 0. The highest BCUT2D eigenvalue weighted by molar-refractivity contribution is 6.05. The summed E-state index contributed by atoms with van der Waals surface area (Å²) in [6.45, 7) is 0. The lowest BCUT2D eigenvalue weighted by atomic mass is 9.70. The fourth-order valence-corrected chi connectivity index (χ4v) is 3.28. The largest absolute Gasteiger partial charge is 0.393 e. The van der Waals surface area contributed by atoms with E-state index in [0.29, 0.717) is 24.1 Å². The molecule has 0 amide bonds. The first-order chi connectivity index (χ1) is 8.64. The Morgan fingerprint density at radius 3 is 2.67 bits per heavy atom. The molecule has 0 saturated heterocycles. The van der Waals surface area contributed by atoms with Crippen LogP contribution in [0.3, 0.4) is 0 Å². The molecule has 0 unspecified atom stereocenters. The van der Waals surface area contributed by atoms with Crippen molar-refractivity contribution in [1.82, 2.24) is 0 Å². The minimum Gasteiger partial charge on any atom is -0.393 e. The smallest absolute Gasteiger partial charge is 0.169 e. The van der Waals surface area contributed by atoms with E-state index in [0.717, 1.165) is 24.8 Å². The third-order valence-corrected chi connectivity index (χ3v) is 4.37. The van der Waals surface area contributed by atoms with Crippen molar-refractivity contribution >= 4 is 11.5 Å². The molecule has 2 aliphatic rings. The van der Waals surface area contributed by atoms with Gasteiger partial charge in [0.2, 0.25) is 0 Å². The normalized spacial score (nSPS) is 30.5. The van der Waals surface area contributed by atoms with Crippen LogP contribution in [0.1, 0.15) is 41.6 Å². The van der Waals surface area contributed by atoms with Crippen LogP contribution in [-0.4, -0.2) is 17.0 Å². The van der Waals surface area contributed by atoms with Gasteiger partial charge in [0.1, 0.15) is 5.69 Å². The molecular weight excluding hydrogens is 230 g/mol. The summed E-state index contributed by atoms with van der Waals surface area (Å²) in [4.78, 5) is 23.1. The number of hydrogen-bond donors (Lipinski definition) is 1. The Bertz CT molecular complexity index is 516. The fourth-order valence-electron chi connectivity index (χ4n) is 3.28. The van der Waals surface area contributed by atoms with E-state index in [1.807, 2.05) is 6.07 Å². The third-order valence-electron chi connectivity index (χ3n) is 4.37. The number of Topliss-reactive ketones (excluding diaryl/α,β-unsaturated/α-hetero) is 1. The van der Waals surface area contributed by atoms with E-state index in [4.69, 9.17) is 0 Å². The molecule has 1 saturated carbocycles. The minimum absolute atomic E-state index is 0.134. The molecule has 1 spiro atoms. The van der Waals surface area contributed by atoms with Gasteiger partial charge in [-0.3, -0.25) is 4.79 Å². The van der Waals surface area contributed by atoms with Crippen molar-refractivity contribution in [3.63, 3.8) is 0 Å². The second-order valence-corrected chi connectivity index (χ2v) is 5.45. The Kier molecular flexibility index (Phi) is 2.55. The van der Waals surface area contributed by atoms with Crippen LogP contribution in [0.4, 0.5) is 5.69 Å². The highest BCUT2D eigenvalue weighted by Gasteiger charge is 2.47. The third kappa shape index (κ3) is 1.60. The van der Waals surface area contributed by atoms with Crippen molar-refractivity contribution in [2.24, 2.45) is 10.6 Å². The zero-order valence-electron chi connectivity index (χ0n) is 10.1. The number of nitroso groups, excluding NO2 is 1. The van der Waals surface area contributed by atoms with Crippen LogP contribution in [0.2, 0.25) is 0 Å². The van der Waals surface area contributed by atoms with Gasteiger partial charge in [-0.2, -0.15) is 0 Å². The number of aliphatic hydroxyl groups is 1. The van der Waals surface area contributed by atoms with Crippen molar-refractivity contribution in [3.05, 3.63) is 34.2 Å². The fraction of sp³-hybridized carbons (Fsp3) is 0.500. The number of aliphatic hydroxyl groups excluding tert-OH is 1. The van der Waals surface area contributed by atoms with Crippen molar-refractivity contribution in [1.29, 1.82) is 0 Å². The lowest BCUT2D eigenvalue weighted by Gasteiger charge is -2.33. The second-order valence-electron chi connectivity index (χ2n) is 5.45. The highest BCUT2D eigenvalue weighted by atomic mass is 16.3. The Morgan fingerprint density at radius 1 is 1.28 bits per heavy atom. The maximum absolute atomic E-state index is 12.5. The molecule has 0 radical (unpaired) electrons. The summed E-state index contributed by atoms with van der Waals surface area (Å²) >= 11 is 0. The van der Waals surface area contributed by atoms with Crippen LogP contribution < -0.4 is 0 Å². The second kappa shape index (κ2) is 3.99. The van der Waals surface area contributed by atoms with Crippen LogP contribution in [0.5, 0.6) is 0 Å². The number of rotatable bonds is 1. The van der Waals surface area contributed by atoms with E-state index in [1.165, 1.54) is 0 Å². The molecule has 1 aromatic carbocycles. The van der Waals surface area contributed by atoms with Gasteiger partial charge in [0.15, 0.2) is 5.78 Å². The quantitative estimate of drug-likeness (QED) is 0.773. The Morgan fingerprint density at radius 2 is 2.00 bits per heavy atom. The zero-order valence-corrected chi connectivity index (χ0v) is 10.1. The molecule has 1 N–H and O–H groups in total. The summed E-state index contributed by atoms with van der Waals surface area (Å²) in [7, 11) is 0. The Balaban J connectivity index is 1.96. The Hall–Kier alpha value is -1.55. The van der Waals surface area contributed by atoms with E-state index in [2.05, 4.69) is 5.18 Å². The van der Waals surface area contributed by atoms with E-state index in [-0.39, 0.29) is 17.3 Å². The lowest BCUT2D eigenvalue weighted by molar-refractivity contribution is 0.0513. The van der Waals surface area contributed by atoms with Crippen molar-refractivity contribution in [2.75, 3.05) is 0 Å². The summed E-state index contributed by atoms with van der Waals surface area (Å²) in [5.41, 5.74) is 1.66. The molecule has 1 aromatic rings. The first-order valence-electron chi connectivity index (χ1n) is 6.34. The van der Waals surface area contributed by atoms with Gasteiger partial charge >= 0.3 is 0 Å². The van der Waals surface area contributed by atoms with Crippen LogP contribution in [-0.2, 0) is 6.42 Å².